The summed E-state index contributed by atoms with van der Waals surface area (Å²) < 4.78 is 0. The molecule has 15 heavy (non-hydrogen) atoms. The minimum Gasteiger partial charge on any atom is -0.395 e. The Hall–Kier alpha value is -0.610. The van der Waals surface area contributed by atoms with E-state index in [-0.39, 0.29) is 24.5 Å². The first kappa shape index (κ1) is 12.5. The van der Waals surface area contributed by atoms with Crippen molar-refractivity contribution < 1.29 is 9.90 Å². The molecule has 1 saturated carbocycles. The van der Waals surface area contributed by atoms with Gasteiger partial charge in [0, 0.05) is 19.6 Å². The number of rotatable bonds is 3. The molecule has 0 radical (unpaired) electrons. The molecule has 0 aromatic rings. The zero-order valence-corrected chi connectivity index (χ0v) is 9.65. The van der Waals surface area contributed by atoms with Crippen LogP contribution < -0.4 is 5.73 Å². The van der Waals surface area contributed by atoms with E-state index in [9.17, 15) is 4.79 Å². The molecule has 3 unspecified atom stereocenters. The average Bonchev–Trinajstić information content (AvgIpc) is 2.17. The van der Waals surface area contributed by atoms with Crippen molar-refractivity contribution in [2.24, 2.45) is 17.6 Å². The van der Waals surface area contributed by atoms with Crippen LogP contribution in [-0.2, 0) is 4.79 Å². The second-order valence-electron chi connectivity index (χ2n) is 4.58. The first-order chi connectivity index (χ1) is 7.07. The lowest BCUT2D eigenvalue weighted by Crippen LogP contribution is -2.48. The Morgan fingerprint density at radius 1 is 1.53 bits per heavy atom. The number of carbonyl (C=O) groups is 1. The number of hydrogen-bond donors (Lipinski definition) is 2. The Bertz CT molecular complexity index is 211. The lowest BCUT2D eigenvalue weighted by Gasteiger charge is -2.35. The van der Waals surface area contributed by atoms with Crippen molar-refractivity contribution in [2.75, 3.05) is 20.2 Å². The summed E-state index contributed by atoms with van der Waals surface area (Å²) in [6.45, 7) is 2.50. The molecule has 1 aliphatic carbocycles. The van der Waals surface area contributed by atoms with Gasteiger partial charge >= 0.3 is 0 Å². The Morgan fingerprint density at radius 3 is 2.73 bits per heavy atom. The molecule has 3 atom stereocenters. The Balaban J connectivity index is 2.62. The lowest BCUT2D eigenvalue weighted by molar-refractivity contribution is -0.138. The van der Waals surface area contributed by atoms with Gasteiger partial charge in [0.25, 0.3) is 0 Å². The molecule has 88 valence electrons. The Morgan fingerprint density at radius 2 is 2.20 bits per heavy atom. The van der Waals surface area contributed by atoms with Crippen LogP contribution in [0.25, 0.3) is 0 Å². The summed E-state index contributed by atoms with van der Waals surface area (Å²) in [4.78, 5) is 13.6. The minimum atomic E-state index is -0.0599. The molecule has 0 aromatic heterocycles. The van der Waals surface area contributed by atoms with E-state index in [1.165, 1.54) is 0 Å². The first-order valence-electron chi connectivity index (χ1n) is 5.69. The number of hydrogen-bond acceptors (Lipinski definition) is 3. The quantitative estimate of drug-likeness (QED) is 0.705. The normalized spacial score (nSPS) is 31.3. The van der Waals surface area contributed by atoms with Gasteiger partial charge in [0.1, 0.15) is 0 Å². The van der Waals surface area contributed by atoms with Gasteiger partial charge in [-0.05, 0) is 18.8 Å². The lowest BCUT2D eigenvalue weighted by atomic mass is 9.76. The highest BCUT2D eigenvalue weighted by Crippen LogP contribution is 2.30. The predicted octanol–water partition coefficient (Wildman–Crippen LogP) is 0.201. The molecule has 3 N–H and O–H groups in total. The van der Waals surface area contributed by atoms with Gasteiger partial charge in [-0.25, -0.2) is 0 Å². The van der Waals surface area contributed by atoms with E-state index in [4.69, 9.17) is 10.8 Å². The molecule has 0 bridgehead atoms. The van der Waals surface area contributed by atoms with Crippen LogP contribution in [0.5, 0.6) is 0 Å². The monoisotopic (exact) mass is 214 g/mol. The van der Waals surface area contributed by atoms with E-state index in [0.717, 1.165) is 19.3 Å². The molecule has 0 saturated heterocycles. The van der Waals surface area contributed by atoms with Crippen molar-refractivity contribution >= 4 is 5.91 Å². The second-order valence-corrected chi connectivity index (χ2v) is 4.58. The third-order valence-corrected chi connectivity index (χ3v) is 3.37. The van der Waals surface area contributed by atoms with Crippen molar-refractivity contribution in [2.45, 2.75) is 32.2 Å². The first-order valence-corrected chi connectivity index (χ1v) is 5.69. The molecule has 0 aliphatic heterocycles. The van der Waals surface area contributed by atoms with Gasteiger partial charge in [-0.2, -0.15) is 0 Å². The number of likely N-dealkylation sites (N-methyl/N-ethyl adjacent to an activating group) is 1. The fraction of sp³-hybridized carbons (Fsp3) is 0.909. The molecule has 1 aliphatic rings. The smallest absolute Gasteiger partial charge is 0.227 e. The third kappa shape index (κ3) is 2.92. The number of carbonyl (C=O) groups excluding carboxylic acids is 1. The standard InChI is InChI=1S/C11H22N2O2/c1-8-4-3-5-9(12)10(8)11(15)13(2)6-7-14/h8-10,14H,3-7,12H2,1-2H3. The van der Waals surface area contributed by atoms with Gasteiger partial charge in [-0.15, -0.1) is 0 Å². The molecular weight excluding hydrogens is 192 g/mol. The van der Waals surface area contributed by atoms with E-state index in [2.05, 4.69) is 6.92 Å². The van der Waals surface area contributed by atoms with Crippen molar-refractivity contribution in [1.29, 1.82) is 0 Å². The number of aliphatic hydroxyl groups excluding tert-OH is 1. The molecule has 0 aromatic carbocycles. The van der Waals surface area contributed by atoms with Crippen molar-refractivity contribution in [1.82, 2.24) is 4.90 Å². The fourth-order valence-corrected chi connectivity index (χ4v) is 2.40. The summed E-state index contributed by atoms with van der Waals surface area (Å²) in [6, 6.07) is -0.0117. The highest BCUT2D eigenvalue weighted by atomic mass is 16.3. The summed E-state index contributed by atoms with van der Waals surface area (Å²) in [7, 11) is 1.73. The highest BCUT2D eigenvalue weighted by molar-refractivity contribution is 5.79. The molecule has 1 rings (SSSR count). The molecule has 4 heteroatoms. The molecular formula is C11H22N2O2. The number of aliphatic hydroxyl groups is 1. The average molecular weight is 214 g/mol. The number of nitrogens with two attached hydrogens (primary N) is 1. The highest BCUT2D eigenvalue weighted by Gasteiger charge is 2.35. The van der Waals surface area contributed by atoms with Crippen LogP contribution in [0.2, 0.25) is 0 Å². The fourth-order valence-electron chi connectivity index (χ4n) is 2.40. The summed E-state index contributed by atoms with van der Waals surface area (Å²) >= 11 is 0. The van der Waals surface area contributed by atoms with Gasteiger partial charge in [0.15, 0.2) is 0 Å². The second kappa shape index (κ2) is 5.47. The van der Waals surface area contributed by atoms with Crippen LogP contribution in [-0.4, -0.2) is 42.2 Å². The predicted molar refractivity (Wildman–Crippen MR) is 59.2 cm³/mol. The third-order valence-electron chi connectivity index (χ3n) is 3.37. The molecule has 1 amide bonds. The zero-order valence-electron chi connectivity index (χ0n) is 9.65. The van der Waals surface area contributed by atoms with Crippen molar-refractivity contribution in [3.63, 3.8) is 0 Å². The summed E-state index contributed by atoms with van der Waals surface area (Å²) in [5.41, 5.74) is 5.99. The van der Waals surface area contributed by atoms with Crippen LogP contribution in [0.4, 0.5) is 0 Å². The largest absolute Gasteiger partial charge is 0.395 e. The Kier molecular flexibility index (Phi) is 4.54. The van der Waals surface area contributed by atoms with Gasteiger partial charge in [0.2, 0.25) is 5.91 Å². The van der Waals surface area contributed by atoms with E-state index in [1.807, 2.05) is 0 Å². The van der Waals surface area contributed by atoms with Crippen LogP contribution in [0.1, 0.15) is 26.2 Å². The van der Waals surface area contributed by atoms with Gasteiger partial charge in [-0.3, -0.25) is 4.79 Å². The maximum absolute atomic E-state index is 12.0. The van der Waals surface area contributed by atoms with Gasteiger partial charge in [-0.1, -0.05) is 13.3 Å². The van der Waals surface area contributed by atoms with Gasteiger partial charge in [0.05, 0.1) is 12.5 Å². The van der Waals surface area contributed by atoms with Crippen LogP contribution in [0.15, 0.2) is 0 Å². The molecule has 1 fully saturated rings. The number of amides is 1. The molecule has 0 spiro atoms. The maximum atomic E-state index is 12.0. The van der Waals surface area contributed by atoms with Crippen LogP contribution >= 0.6 is 0 Å². The topological polar surface area (TPSA) is 66.6 Å². The van der Waals surface area contributed by atoms with E-state index in [0.29, 0.717) is 12.5 Å². The van der Waals surface area contributed by atoms with Crippen LogP contribution in [0.3, 0.4) is 0 Å². The maximum Gasteiger partial charge on any atom is 0.227 e. The van der Waals surface area contributed by atoms with Crippen LogP contribution in [0, 0.1) is 11.8 Å². The van der Waals surface area contributed by atoms with E-state index < -0.39 is 0 Å². The Labute approximate surface area is 91.4 Å². The summed E-state index contributed by atoms with van der Waals surface area (Å²) in [6.07, 6.45) is 3.14. The SMILES string of the molecule is CC1CCCC(N)C1C(=O)N(C)CCO. The van der Waals surface area contributed by atoms with Crippen molar-refractivity contribution in [3.05, 3.63) is 0 Å². The van der Waals surface area contributed by atoms with E-state index >= 15 is 0 Å². The van der Waals surface area contributed by atoms with E-state index in [1.54, 1.807) is 11.9 Å². The number of nitrogens with zero attached hydrogens (tertiary/aromatic N) is 1. The molecule has 0 heterocycles. The summed E-state index contributed by atoms with van der Waals surface area (Å²) in [5, 5.41) is 8.79. The van der Waals surface area contributed by atoms with Gasteiger partial charge < -0.3 is 15.7 Å². The minimum absolute atomic E-state index is 0.0117. The molecule has 4 nitrogen and oxygen atoms in total. The van der Waals surface area contributed by atoms with Crippen molar-refractivity contribution in [3.8, 4) is 0 Å². The zero-order chi connectivity index (χ0) is 11.4. The summed E-state index contributed by atoms with van der Waals surface area (Å²) in [5.74, 6) is 0.390.